The van der Waals surface area contributed by atoms with Gasteiger partial charge in [0.15, 0.2) is 0 Å². The van der Waals surface area contributed by atoms with E-state index in [-0.39, 0.29) is 23.3 Å². The van der Waals surface area contributed by atoms with E-state index in [1.165, 1.54) is 6.92 Å². The Morgan fingerprint density at radius 2 is 2.14 bits per heavy atom. The molecule has 0 atom stereocenters. The van der Waals surface area contributed by atoms with Gasteiger partial charge < -0.3 is 4.74 Å². The first-order chi connectivity index (χ1) is 2.77. The van der Waals surface area contributed by atoms with Gasteiger partial charge in [-0.2, -0.15) is 0 Å². The van der Waals surface area contributed by atoms with E-state index < -0.39 is 0 Å². The van der Waals surface area contributed by atoms with E-state index in [1.807, 2.05) is 0 Å². The van der Waals surface area contributed by atoms with E-state index >= 15 is 0 Å². The van der Waals surface area contributed by atoms with Crippen molar-refractivity contribution < 1.29 is 9.53 Å². The number of hydrogen-bond acceptors (Lipinski definition) is 2. The third kappa shape index (κ3) is 10.7. The molecule has 0 aromatic heterocycles. The van der Waals surface area contributed by atoms with Crippen molar-refractivity contribution in [2.45, 2.75) is 13.8 Å². The fraction of sp³-hybridized carbons (Fsp3) is 0.750. The van der Waals surface area contributed by atoms with Gasteiger partial charge in [-0.3, -0.25) is 4.79 Å². The average Bonchev–Trinajstić information content (AvgIpc) is 1.35. The van der Waals surface area contributed by atoms with Crippen molar-refractivity contribution in [1.82, 2.24) is 0 Å². The molecule has 0 unspecified atom stereocenters. The molecule has 7 heavy (non-hydrogen) atoms. The molecule has 0 heterocycles. The Kier molecular flexibility index (Phi) is 8.65. The van der Waals surface area contributed by atoms with Crippen molar-refractivity contribution in [3.63, 3.8) is 0 Å². The topological polar surface area (TPSA) is 26.3 Å². The summed E-state index contributed by atoms with van der Waals surface area (Å²) in [5, 5.41) is 0. The van der Waals surface area contributed by atoms with Crippen LogP contribution in [0.5, 0.6) is 0 Å². The van der Waals surface area contributed by atoms with Gasteiger partial charge in [-0.1, -0.05) is 0 Å². The van der Waals surface area contributed by atoms with E-state index in [9.17, 15) is 4.79 Å². The Bertz CT molecular complexity index is 53.7. The van der Waals surface area contributed by atoms with Gasteiger partial charge in [-0.15, -0.1) is 0 Å². The Balaban J connectivity index is 0. The van der Waals surface area contributed by atoms with Crippen molar-refractivity contribution in [1.29, 1.82) is 0 Å². The number of ether oxygens (including phenoxy) is 1. The Hall–Kier alpha value is 0.00247. The summed E-state index contributed by atoms with van der Waals surface area (Å²) in [6, 6.07) is 0. The summed E-state index contributed by atoms with van der Waals surface area (Å²) in [4.78, 5) is 9.82. The van der Waals surface area contributed by atoms with Gasteiger partial charge in [0.05, 0.1) is 6.61 Å². The van der Waals surface area contributed by atoms with Crippen molar-refractivity contribution in [2.75, 3.05) is 6.61 Å². The van der Waals surface area contributed by atoms with E-state index in [2.05, 4.69) is 4.74 Å². The molecule has 0 rings (SSSR count). The molecule has 0 aromatic carbocycles. The molecular formula is C4H8AlO2+3. The summed E-state index contributed by atoms with van der Waals surface area (Å²) in [5.41, 5.74) is 0. The van der Waals surface area contributed by atoms with Crippen LogP contribution in [-0.2, 0) is 9.53 Å². The molecule has 36 valence electrons. The van der Waals surface area contributed by atoms with Crippen LogP contribution in [0.15, 0.2) is 0 Å². The molecule has 0 N–H and O–H groups in total. The second kappa shape index (κ2) is 6.00. The van der Waals surface area contributed by atoms with Gasteiger partial charge in [-0.05, 0) is 6.92 Å². The summed E-state index contributed by atoms with van der Waals surface area (Å²) in [7, 11) is 0. The molecular weight excluding hydrogens is 107 g/mol. The van der Waals surface area contributed by atoms with Gasteiger partial charge in [0.25, 0.3) is 0 Å². The molecule has 0 amide bonds. The third-order valence-corrected chi connectivity index (χ3v) is 0.348. The third-order valence-electron chi connectivity index (χ3n) is 0.348. The summed E-state index contributed by atoms with van der Waals surface area (Å²) in [6.07, 6.45) is 0. The molecule has 0 saturated carbocycles. The first kappa shape index (κ1) is 10.1. The minimum Gasteiger partial charge on any atom is -0.466 e. The molecule has 0 aliphatic heterocycles. The Morgan fingerprint density at radius 3 is 2.14 bits per heavy atom. The van der Waals surface area contributed by atoms with Gasteiger partial charge in [0.2, 0.25) is 0 Å². The number of carbonyl (C=O) groups excluding carboxylic acids is 1. The van der Waals surface area contributed by atoms with Crippen LogP contribution < -0.4 is 0 Å². The molecule has 0 spiro atoms. The van der Waals surface area contributed by atoms with Crippen LogP contribution >= 0.6 is 0 Å². The zero-order chi connectivity index (χ0) is 4.99. The van der Waals surface area contributed by atoms with Gasteiger partial charge >= 0.3 is 23.3 Å². The SMILES string of the molecule is CCOC(C)=O.[Al+3]. The van der Waals surface area contributed by atoms with Crippen LogP contribution in [-0.4, -0.2) is 29.9 Å². The van der Waals surface area contributed by atoms with E-state index in [1.54, 1.807) is 6.92 Å². The molecule has 0 saturated heterocycles. The van der Waals surface area contributed by atoms with Gasteiger partial charge in [-0.25, -0.2) is 0 Å². The number of carbonyl (C=O) groups is 1. The largest absolute Gasteiger partial charge is 3.00 e. The van der Waals surface area contributed by atoms with E-state index in [0.717, 1.165) is 0 Å². The van der Waals surface area contributed by atoms with Crippen molar-refractivity contribution in [3.8, 4) is 0 Å². The second-order valence-corrected chi connectivity index (χ2v) is 0.925. The maximum atomic E-state index is 9.82. The fourth-order valence-corrected chi connectivity index (χ4v) is 0.203. The minimum absolute atomic E-state index is 0. The molecule has 3 heteroatoms. The van der Waals surface area contributed by atoms with Crippen molar-refractivity contribution in [3.05, 3.63) is 0 Å². The van der Waals surface area contributed by atoms with Crippen LogP contribution in [0.2, 0.25) is 0 Å². The number of hydrogen-bond donors (Lipinski definition) is 0. The van der Waals surface area contributed by atoms with E-state index in [0.29, 0.717) is 6.61 Å². The van der Waals surface area contributed by atoms with Crippen LogP contribution in [0.4, 0.5) is 0 Å². The van der Waals surface area contributed by atoms with Crippen LogP contribution in [0.3, 0.4) is 0 Å². The first-order valence-electron chi connectivity index (χ1n) is 1.90. The summed E-state index contributed by atoms with van der Waals surface area (Å²) >= 11 is 0. The predicted molar refractivity (Wildman–Crippen MR) is 28.1 cm³/mol. The zero-order valence-electron chi connectivity index (χ0n) is 4.60. The monoisotopic (exact) mass is 115 g/mol. The average molecular weight is 115 g/mol. The van der Waals surface area contributed by atoms with Gasteiger partial charge in [0, 0.05) is 6.92 Å². The summed E-state index contributed by atoms with van der Waals surface area (Å²) in [6.45, 7) is 3.65. The standard InChI is InChI=1S/C4H8O2.Al/c1-3-6-4(2)5;/h3H2,1-2H3;/q;+3. The van der Waals surface area contributed by atoms with Crippen molar-refractivity contribution in [2.24, 2.45) is 0 Å². The molecule has 2 nitrogen and oxygen atoms in total. The minimum atomic E-state index is -0.211. The molecule has 0 aliphatic rings. The van der Waals surface area contributed by atoms with Crippen molar-refractivity contribution >= 4 is 23.3 Å². The number of rotatable bonds is 1. The smallest absolute Gasteiger partial charge is 0.466 e. The van der Waals surface area contributed by atoms with Gasteiger partial charge in [0.1, 0.15) is 0 Å². The summed E-state index contributed by atoms with van der Waals surface area (Å²) < 4.78 is 4.40. The second-order valence-electron chi connectivity index (χ2n) is 0.925. The molecule has 0 fully saturated rings. The Morgan fingerprint density at radius 1 is 1.71 bits per heavy atom. The van der Waals surface area contributed by atoms with Crippen LogP contribution in [0.1, 0.15) is 13.8 Å². The molecule has 0 aromatic rings. The molecule has 0 bridgehead atoms. The maximum Gasteiger partial charge on any atom is 3.00 e. The Labute approximate surface area is 54.0 Å². The predicted octanol–water partition coefficient (Wildman–Crippen LogP) is 0.189. The molecule has 0 aliphatic carbocycles. The normalized spacial score (nSPS) is 6.57. The van der Waals surface area contributed by atoms with Crippen LogP contribution in [0.25, 0.3) is 0 Å². The quantitative estimate of drug-likeness (QED) is 0.360. The zero-order valence-corrected chi connectivity index (χ0v) is 5.76. The molecule has 0 radical (unpaired) electrons. The maximum absolute atomic E-state index is 9.82. The summed E-state index contributed by atoms with van der Waals surface area (Å²) in [5.74, 6) is -0.211. The van der Waals surface area contributed by atoms with E-state index in [4.69, 9.17) is 0 Å². The fourth-order valence-electron chi connectivity index (χ4n) is 0.203. The first-order valence-corrected chi connectivity index (χ1v) is 1.90. The van der Waals surface area contributed by atoms with Crippen LogP contribution in [0, 0.1) is 0 Å². The number of esters is 1.